The Balaban J connectivity index is 2.59. The van der Waals surface area contributed by atoms with Crippen LogP contribution in [0.2, 0.25) is 0 Å². The van der Waals surface area contributed by atoms with Crippen molar-refractivity contribution in [3.8, 4) is 17.2 Å². The molecule has 8 heteroatoms. The van der Waals surface area contributed by atoms with Crippen LogP contribution < -0.4 is 5.43 Å². The van der Waals surface area contributed by atoms with Crippen molar-refractivity contribution in [1.29, 1.82) is 0 Å². The number of fused-ring (bicyclic) bond motifs is 2. The van der Waals surface area contributed by atoms with Gasteiger partial charge in [-0.25, -0.2) is 4.79 Å². The van der Waals surface area contributed by atoms with Crippen molar-refractivity contribution in [2.75, 3.05) is 7.11 Å². The number of methoxy groups -OCH3 is 1. The molecule has 4 N–H and O–H groups in total. The topological polar surface area (TPSA) is 137 Å². The van der Waals surface area contributed by atoms with Crippen molar-refractivity contribution in [1.82, 2.24) is 0 Å². The third-order valence-corrected chi connectivity index (χ3v) is 3.63. The van der Waals surface area contributed by atoms with Crippen LogP contribution in [0.15, 0.2) is 27.4 Å². The van der Waals surface area contributed by atoms with Crippen molar-refractivity contribution in [3.63, 3.8) is 0 Å². The predicted molar refractivity (Wildman–Crippen MR) is 82.2 cm³/mol. The van der Waals surface area contributed by atoms with Crippen LogP contribution in [0.3, 0.4) is 0 Å². The maximum absolute atomic E-state index is 12.7. The Kier molecular flexibility index (Phi) is 3.53. The number of aromatic hydroxyl groups is 3. The van der Waals surface area contributed by atoms with Crippen LogP contribution in [0.4, 0.5) is 0 Å². The van der Waals surface area contributed by atoms with Crippen molar-refractivity contribution in [2.24, 2.45) is 0 Å². The molecule has 8 nitrogen and oxygen atoms in total. The molecular formula is C16H12O8. The first-order valence-electron chi connectivity index (χ1n) is 6.75. The zero-order valence-electron chi connectivity index (χ0n) is 12.4. The molecule has 0 amide bonds. The number of benzene rings is 2. The molecular weight excluding hydrogens is 320 g/mol. The Hall–Kier alpha value is -3.26. The summed E-state index contributed by atoms with van der Waals surface area (Å²) in [6.45, 7) is -0.389. The highest BCUT2D eigenvalue weighted by Crippen LogP contribution is 2.37. The summed E-state index contributed by atoms with van der Waals surface area (Å²) in [6.07, 6.45) is 0. The van der Waals surface area contributed by atoms with Gasteiger partial charge in [-0.3, -0.25) is 4.79 Å². The lowest BCUT2D eigenvalue weighted by Gasteiger charge is -2.10. The highest BCUT2D eigenvalue weighted by molar-refractivity contribution is 6.09. The zero-order chi connectivity index (χ0) is 17.6. The Morgan fingerprint density at radius 1 is 1.08 bits per heavy atom. The minimum atomic E-state index is -1.05. The van der Waals surface area contributed by atoms with Gasteiger partial charge in [-0.15, -0.1) is 0 Å². The fourth-order valence-electron chi connectivity index (χ4n) is 2.54. The first kappa shape index (κ1) is 15.6. The van der Waals surface area contributed by atoms with Gasteiger partial charge in [0.15, 0.2) is 11.5 Å². The summed E-state index contributed by atoms with van der Waals surface area (Å²) in [7, 11) is 1.05. The van der Waals surface area contributed by atoms with E-state index >= 15 is 0 Å². The number of phenols is 3. The largest absolute Gasteiger partial charge is 0.507 e. The minimum absolute atomic E-state index is 0.0440. The number of hydrogen-bond acceptors (Lipinski definition) is 8. The molecule has 0 spiro atoms. The molecule has 0 saturated carbocycles. The van der Waals surface area contributed by atoms with Gasteiger partial charge in [-0.2, -0.15) is 0 Å². The number of carbonyl (C=O) groups excluding carboxylic acids is 1. The molecule has 24 heavy (non-hydrogen) atoms. The molecule has 3 aromatic rings. The number of hydrogen-bond donors (Lipinski definition) is 4. The van der Waals surface area contributed by atoms with Gasteiger partial charge in [-0.05, 0) is 17.7 Å². The lowest BCUT2D eigenvalue weighted by atomic mass is 10.0. The highest BCUT2D eigenvalue weighted by atomic mass is 16.5. The van der Waals surface area contributed by atoms with Crippen molar-refractivity contribution in [2.45, 2.75) is 6.61 Å². The quantitative estimate of drug-likeness (QED) is 0.313. The molecule has 0 saturated heterocycles. The van der Waals surface area contributed by atoms with Gasteiger partial charge in [0.05, 0.1) is 19.1 Å². The predicted octanol–water partition coefficient (Wildman–Crippen LogP) is 1.34. The van der Waals surface area contributed by atoms with Gasteiger partial charge >= 0.3 is 5.97 Å². The lowest BCUT2D eigenvalue weighted by Crippen LogP contribution is -2.11. The summed E-state index contributed by atoms with van der Waals surface area (Å²) in [5.41, 5.74) is -1.27. The molecule has 0 aliphatic rings. The lowest BCUT2D eigenvalue weighted by molar-refractivity contribution is 0.0599. The smallest absolute Gasteiger partial charge is 0.342 e. The second kappa shape index (κ2) is 5.43. The monoisotopic (exact) mass is 332 g/mol. The zero-order valence-corrected chi connectivity index (χ0v) is 12.4. The SMILES string of the molecule is COC(=O)c1c(O)c(O)cc2oc3cc(CO)cc(O)c3c(=O)c12. The van der Waals surface area contributed by atoms with Crippen molar-refractivity contribution in [3.05, 3.63) is 39.5 Å². The number of esters is 1. The summed E-state index contributed by atoms with van der Waals surface area (Å²) in [5.74, 6) is -3.00. The van der Waals surface area contributed by atoms with Gasteiger partial charge in [0, 0.05) is 6.07 Å². The van der Waals surface area contributed by atoms with Gasteiger partial charge in [0.2, 0.25) is 5.43 Å². The Bertz CT molecular complexity index is 1050. The Morgan fingerprint density at radius 2 is 1.75 bits per heavy atom. The number of ether oxygens (including phenoxy) is 1. The highest BCUT2D eigenvalue weighted by Gasteiger charge is 2.25. The number of rotatable bonds is 2. The van der Waals surface area contributed by atoms with Gasteiger partial charge in [0.1, 0.15) is 27.9 Å². The van der Waals surface area contributed by atoms with E-state index in [1.54, 1.807) is 0 Å². The number of carbonyl (C=O) groups is 1. The molecule has 1 heterocycles. The molecule has 0 bridgehead atoms. The third kappa shape index (κ3) is 2.12. The summed E-state index contributed by atoms with van der Waals surface area (Å²) < 4.78 is 10.00. The van der Waals surface area contributed by atoms with Crippen LogP contribution in [0.25, 0.3) is 21.9 Å². The van der Waals surface area contributed by atoms with Crippen molar-refractivity contribution < 1.29 is 34.4 Å². The molecule has 1 aromatic heterocycles. The molecule has 0 unspecified atom stereocenters. The van der Waals surface area contributed by atoms with E-state index in [2.05, 4.69) is 4.74 Å². The normalized spacial score (nSPS) is 11.1. The second-order valence-electron chi connectivity index (χ2n) is 5.06. The molecule has 2 aromatic carbocycles. The van der Waals surface area contributed by atoms with E-state index in [9.17, 15) is 24.9 Å². The number of aliphatic hydroxyl groups excluding tert-OH is 1. The molecule has 0 aliphatic heterocycles. The first-order chi connectivity index (χ1) is 11.4. The van der Waals surface area contributed by atoms with Crippen molar-refractivity contribution >= 4 is 27.9 Å². The van der Waals surface area contributed by atoms with E-state index in [1.165, 1.54) is 12.1 Å². The van der Waals surface area contributed by atoms with E-state index in [0.717, 1.165) is 13.2 Å². The molecule has 0 aliphatic carbocycles. The molecule has 0 fully saturated rings. The maximum atomic E-state index is 12.7. The van der Waals surface area contributed by atoms with Gasteiger partial charge < -0.3 is 29.6 Å². The van der Waals surface area contributed by atoms with E-state index < -0.39 is 34.2 Å². The summed E-state index contributed by atoms with van der Waals surface area (Å²) in [6, 6.07) is 3.50. The van der Waals surface area contributed by atoms with Gasteiger partial charge in [-0.1, -0.05) is 0 Å². The molecule has 0 atom stereocenters. The number of aliphatic hydroxyl groups is 1. The van der Waals surface area contributed by atoms with E-state index in [-0.39, 0.29) is 28.5 Å². The molecule has 0 radical (unpaired) electrons. The summed E-state index contributed by atoms with van der Waals surface area (Å²) in [4.78, 5) is 24.6. The van der Waals surface area contributed by atoms with E-state index in [4.69, 9.17) is 9.52 Å². The maximum Gasteiger partial charge on any atom is 0.342 e. The van der Waals surface area contributed by atoms with Gasteiger partial charge in [0.25, 0.3) is 0 Å². The standard InChI is InChI=1S/C16H12O8/c1-23-16(22)13-12-10(4-8(19)14(13)20)24-9-3-6(5-17)2-7(18)11(9)15(12)21/h2-4,17-20H,5H2,1H3. The summed E-state index contributed by atoms with van der Waals surface area (Å²) >= 11 is 0. The Morgan fingerprint density at radius 3 is 2.38 bits per heavy atom. The fourth-order valence-corrected chi connectivity index (χ4v) is 2.54. The number of phenolic OH excluding ortho intramolecular Hbond substituents is 3. The van der Waals surface area contributed by atoms with E-state index in [0.29, 0.717) is 5.56 Å². The van der Waals surface area contributed by atoms with Crippen LogP contribution in [-0.2, 0) is 11.3 Å². The second-order valence-corrected chi connectivity index (χ2v) is 5.06. The Labute approximate surface area is 133 Å². The minimum Gasteiger partial charge on any atom is -0.507 e. The van der Waals surface area contributed by atoms with Crippen LogP contribution in [0.1, 0.15) is 15.9 Å². The third-order valence-electron chi connectivity index (χ3n) is 3.63. The van der Waals surface area contributed by atoms with Crippen LogP contribution in [0, 0.1) is 0 Å². The summed E-state index contributed by atoms with van der Waals surface area (Å²) in [5, 5.41) is 38.3. The van der Waals surface area contributed by atoms with Crippen LogP contribution >= 0.6 is 0 Å². The average molecular weight is 332 g/mol. The average Bonchev–Trinajstić information content (AvgIpc) is 2.55. The fraction of sp³-hybridized carbons (Fsp3) is 0.125. The first-order valence-corrected chi connectivity index (χ1v) is 6.75. The molecule has 124 valence electrons. The van der Waals surface area contributed by atoms with E-state index in [1.807, 2.05) is 0 Å². The van der Waals surface area contributed by atoms with Crippen LogP contribution in [-0.4, -0.2) is 33.5 Å². The van der Waals surface area contributed by atoms with Crippen LogP contribution in [0.5, 0.6) is 17.2 Å². The molecule has 3 rings (SSSR count).